The van der Waals surface area contributed by atoms with Crippen molar-refractivity contribution in [3.63, 3.8) is 0 Å². The van der Waals surface area contributed by atoms with Crippen LogP contribution in [0.2, 0.25) is 0 Å². The molecule has 0 heterocycles. The van der Waals surface area contributed by atoms with Crippen LogP contribution >= 0.6 is 0 Å². The van der Waals surface area contributed by atoms with Gasteiger partial charge < -0.3 is 4.90 Å². The van der Waals surface area contributed by atoms with Crippen LogP contribution in [-0.2, 0) is 22.4 Å². The second kappa shape index (κ2) is 7.58. The van der Waals surface area contributed by atoms with Crippen LogP contribution in [0.5, 0.6) is 0 Å². The highest BCUT2D eigenvalue weighted by molar-refractivity contribution is 7.92. The summed E-state index contributed by atoms with van der Waals surface area (Å²) in [6.45, 7) is 0. The van der Waals surface area contributed by atoms with Gasteiger partial charge in [0, 0.05) is 25.3 Å². The summed E-state index contributed by atoms with van der Waals surface area (Å²) >= 11 is 0. The maximum absolute atomic E-state index is 12.9. The topological polar surface area (TPSA) is 66.5 Å². The number of sulfonamides is 1. The standard InChI is InChI=1S/C17H14F6N2O3S/c1-25(2)15(26)10-4-3-5-13(6-10)24-29(27,28)14-8-11(16(18,19)20)7-12(9-14)17(21,22)23/h3-9,24H,1-2H3. The summed E-state index contributed by atoms with van der Waals surface area (Å²) in [6.07, 6.45) is -10.4. The van der Waals surface area contributed by atoms with E-state index in [0.717, 1.165) is 6.07 Å². The van der Waals surface area contributed by atoms with Crippen molar-refractivity contribution in [1.82, 2.24) is 4.90 Å². The lowest BCUT2D eigenvalue weighted by Crippen LogP contribution is -2.22. The number of anilines is 1. The first-order valence-electron chi connectivity index (χ1n) is 7.75. The summed E-state index contributed by atoms with van der Waals surface area (Å²) in [5, 5.41) is 0. The summed E-state index contributed by atoms with van der Waals surface area (Å²) in [6, 6.07) is 5.02. The number of hydrogen-bond acceptors (Lipinski definition) is 3. The van der Waals surface area contributed by atoms with Crippen molar-refractivity contribution < 1.29 is 39.6 Å². The number of nitrogens with zero attached hydrogens (tertiary/aromatic N) is 1. The number of alkyl halides is 6. The molecule has 1 amide bonds. The van der Waals surface area contributed by atoms with Crippen molar-refractivity contribution in [3.05, 3.63) is 59.2 Å². The first-order chi connectivity index (χ1) is 13.1. The van der Waals surface area contributed by atoms with E-state index in [9.17, 15) is 39.6 Å². The zero-order chi connectivity index (χ0) is 22.2. The fourth-order valence-corrected chi connectivity index (χ4v) is 3.39. The van der Waals surface area contributed by atoms with Crippen molar-refractivity contribution in [2.75, 3.05) is 18.8 Å². The number of rotatable bonds is 4. The van der Waals surface area contributed by atoms with Gasteiger partial charge in [-0.2, -0.15) is 26.3 Å². The number of carbonyl (C=O) groups is 1. The Labute approximate surface area is 162 Å². The van der Waals surface area contributed by atoms with Crippen molar-refractivity contribution in [2.24, 2.45) is 0 Å². The SMILES string of the molecule is CN(C)C(=O)c1cccc(NS(=O)(=O)c2cc(C(F)(F)F)cc(C(F)(F)F)c2)c1. The van der Waals surface area contributed by atoms with Crippen LogP contribution in [0.4, 0.5) is 32.0 Å². The van der Waals surface area contributed by atoms with E-state index < -0.39 is 44.3 Å². The normalized spacial score (nSPS) is 12.6. The molecular weight excluding hydrogens is 426 g/mol. The van der Waals surface area contributed by atoms with Gasteiger partial charge in [0.1, 0.15) is 0 Å². The Balaban J connectivity index is 2.51. The van der Waals surface area contributed by atoms with Gasteiger partial charge in [-0.1, -0.05) is 6.07 Å². The summed E-state index contributed by atoms with van der Waals surface area (Å²) < 4.78 is 104. The molecule has 2 aromatic rings. The minimum absolute atomic E-state index is 0.0650. The Bertz CT molecular complexity index is 998. The average molecular weight is 440 g/mol. The molecule has 0 radical (unpaired) electrons. The monoisotopic (exact) mass is 440 g/mol. The van der Waals surface area contributed by atoms with Crippen LogP contribution in [-0.4, -0.2) is 33.3 Å². The van der Waals surface area contributed by atoms with Gasteiger partial charge in [0.25, 0.3) is 15.9 Å². The van der Waals surface area contributed by atoms with Gasteiger partial charge in [-0.3, -0.25) is 9.52 Å². The molecule has 0 aromatic heterocycles. The summed E-state index contributed by atoms with van der Waals surface area (Å²) in [7, 11) is -1.93. The van der Waals surface area contributed by atoms with Crippen LogP contribution < -0.4 is 4.72 Å². The fourth-order valence-electron chi connectivity index (χ4n) is 2.27. The molecular formula is C17H14F6N2O3S. The Hall–Kier alpha value is -2.76. The number of benzene rings is 2. The minimum Gasteiger partial charge on any atom is -0.345 e. The first kappa shape index (κ1) is 22.5. The van der Waals surface area contributed by atoms with Crippen LogP contribution in [0.25, 0.3) is 0 Å². The first-order valence-corrected chi connectivity index (χ1v) is 9.23. The van der Waals surface area contributed by atoms with Crippen molar-refractivity contribution in [3.8, 4) is 0 Å². The smallest absolute Gasteiger partial charge is 0.345 e. The Morgan fingerprint density at radius 2 is 1.41 bits per heavy atom. The molecule has 0 aliphatic heterocycles. The third-order valence-corrected chi connectivity index (χ3v) is 5.00. The molecule has 1 N–H and O–H groups in total. The quantitative estimate of drug-likeness (QED) is 0.724. The van der Waals surface area contributed by atoms with E-state index in [2.05, 4.69) is 0 Å². The summed E-state index contributed by atoms with van der Waals surface area (Å²) in [4.78, 5) is 11.9. The highest BCUT2D eigenvalue weighted by Gasteiger charge is 2.38. The van der Waals surface area contributed by atoms with Crippen LogP contribution in [0.1, 0.15) is 21.5 Å². The second-order valence-corrected chi connectivity index (χ2v) is 7.81. The van der Waals surface area contributed by atoms with Crippen molar-refractivity contribution >= 4 is 21.6 Å². The molecule has 12 heteroatoms. The van der Waals surface area contributed by atoms with Gasteiger partial charge in [0.05, 0.1) is 16.0 Å². The minimum atomic E-state index is -5.19. The molecule has 2 rings (SSSR count). The van der Waals surface area contributed by atoms with Gasteiger partial charge >= 0.3 is 12.4 Å². The van der Waals surface area contributed by atoms with E-state index in [0.29, 0.717) is 0 Å². The third-order valence-electron chi connectivity index (χ3n) is 3.64. The molecule has 2 aromatic carbocycles. The number of carbonyl (C=O) groups excluding carboxylic acids is 1. The van der Waals surface area contributed by atoms with E-state index in [1.165, 1.54) is 37.2 Å². The maximum atomic E-state index is 12.9. The molecule has 0 spiro atoms. The molecule has 158 valence electrons. The number of halogens is 6. The Kier molecular flexibility index (Phi) is 5.89. The average Bonchev–Trinajstić information content (AvgIpc) is 2.59. The Morgan fingerprint density at radius 3 is 1.86 bits per heavy atom. The van der Waals surface area contributed by atoms with Crippen LogP contribution in [0.15, 0.2) is 47.4 Å². The number of nitrogens with one attached hydrogen (secondary N) is 1. The molecule has 0 saturated heterocycles. The van der Waals surface area contributed by atoms with Crippen molar-refractivity contribution in [1.29, 1.82) is 0 Å². The van der Waals surface area contributed by atoms with Crippen LogP contribution in [0.3, 0.4) is 0 Å². The van der Waals surface area contributed by atoms with E-state index in [1.807, 2.05) is 4.72 Å². The van der Waals surface area contributed by atoms with E-state index in [4.69, 9.17) is 0 Å². The highest BCUT2D eigenvalue weighted by atomic mass is 32.2. The molecule has 0 aliphatic rings. The zero-order valence-corrected chi connectivity index (χ0v) is 15.7. The molecule has 0 saturated carbocycles. The van der Waals surface area contributed by atoms with Gasteiger partial charge in [-0.05, 0) is 36.4 Å². The predicted octanol–water partition coefficient (Wildman–Crippen LogP) is 4.23. The molecule has 0 unspecified atom stereocenters. The maximum Gasteiger partial charge on any atom is 0.416 e. The lowest BCUT2D eigenvalue weighted by Gasteiger charge is -2.16. The lowest BCUT2D eigenvalue weighted by atomic mass is 10.1. The predicted molar refractivity (Wildman–Crippen MR) is 91.7 cm³/mol. The molecule has 0 aliphatic carbocycles. The number of hydrogen-bond donors (Lipinski definition) is 1. The fraction of sp³-hybridized carbons (Fsp3) is 0.235. The molecule has 0 bridgehead atoms. The van der Waals surface area contributed by atoms with Gasteiger partial charge in [0.15, 0.2) is 0 Å². The third kappa shape index (κ3) is 5.40. The van der Waals surface area contributed by atoms with Gasteiger partial charge in [-0.15, -0.1) is 0 Å². The second-order valence-electron chi connectivity index (χ2n) is 6.13. The van der Waals surface area contributed by atoms with Gasteiger partial charge in [0.2, 0.25) is 0 Å². The summed E-state index contributed by atoms with van der Waals surface area (Å²) in [5.74, 6) is -0.482. The number of amides is 1. The molecule has 5 nitrogen and oxygen atoms in total. The summed E-state index contributed by atoms with van der Waals surface area (Å²) in [5.41, 5.74) is -3.66. The molecule has 0 atom stereocenters. The Morgan fingerprint density at radius 1 is 0.897 bits per heavy atom. The van der Waals surface area contributed by atoms with Crippen LogP contribution in [0, 0.1) is 0 Å². The van der Waals surface area contributed by atoms with E-state index >= 15 is 0 Å². The van der Waals surface area contributed by atoms with E-state index in [1.54, 1.807) is 0 Å². The van der Waals surface area contributed by atoms with Crippen molar-refractivity contribution in [2.45, 2.75) is 17.2 Å². The van der Waals surface area contributed by atoms with Gasteiger partial charge in [-0.25, -0.2) is 8.42 Å². The van der Waals surface area contributed by atoms with E-state index in [-0.39, 0.29) is 29.4 Å². The molecule has 29 heavy (non-hydrogen) atoms. The zero-order valence-electron chi connectivity index (χ0n) is 14.9. The highest BCUT2D eigenvalue weighted by Crippen LogP contribution is 2.37. The lowest BCUT2D eigenvalue weighted by molar-refractivity contribution is -0.143. The molecule has 0 fully saturated rings. The largest absolute Gasteiger partial charge is 0.416 e.